The molecule has 1 aliphatic rings. The molecule has 0 atom stereocenters. The third-order valence-electron chi connectivity index (χ3n) is 2.98. The van der Waals surface area contributed by atoms with Gasteiger partial charge in [-0.05, 0) is 36.7 Å². The van der Waals surface area contributed by atoms with Crippen molar-refractivity contribution in [3.63, 3.8) is 0 Å². The maximum atomic E-state index is 3.20. The van der Waals surface area contributed by atoms with Crippen LogP contribution in [0, 0.1) is 0 Å². The molecule has 1 aliphatic heterocycles. The van der Waals surface area contributed by atoms with Crippen LogP contribution in [0.1, 0.15) is 30.0 Å². The van der Waals surface area contributed by atoms with Gasteiger partial charge in [0, 0.05) is 19.6 Å². The van der Waals surface area contributed by atoms with E-state index < -0.39 is 0 Å². The Morgan fingerprint density at radius 2 is 2.07 bits per heavy atom. The number of benzene rings is 1. The van der Waals surface area contributed by atoms with Crippen LogP contribution in [0.25, 0.3) is 0 Å². The number of nitrogens with one attached hydrogen (secondary N) is 1. The van der Waals surface area contributed by atoms with Gasteiger partial charge < -0.3 is 5.32 Å². The molecule has 0 spiro atoms. The molecular formula is C13H20N2. The zero-order valence-electron chi connectivity index (χ0n) is 9.71. The summed E-state index contributed by atoms with van der Waals surface area (Å²) in [5, 5.41) is 3.20. The van der Waals surface area contributed by atoms with Gasteiger partial charge in [-0.1, -0.05) is 25.1 Å². The van der Waals surface area contributed by atoms with Crippen molar-refractivity contribution in [1.29, 1.82) is 0 Å². The molecule has 0 aromatic heterocycles. The Kier molecular flexibility index (Phi) is 3.39. The molecular weight excluding hydrogens is 184 g/mol. The summed E-state index contributed by atoms with van der Waals surface area (Å²) in [6.45, 7) is 6.72. The van der Waals surface area contributed by atoms with Crippen LogP contribution in [0.3, 0.4) is 0 Å². The Morgan fingerprint density at radius 3 is 2.80 bits per heavy atom. The van der Waals surface area contributed by atoms with E-state index in [-0.39, 0.29) is 0 Å². The first-order valence-corrected chi connectivity index (χ1v) is 5.81. The minimum absolute atomic E-state index is 0.973. The first kappa shape index (κ1) is 10.7. The fourth-order valence-electron chi connectivity index (χ4n) is 2.31. The van der Waals surface area contributed by atoms with E-state index in [1.807, 2.05) is 7.05 Å². The molecule has 0 saturated heterocycles. The van der Waals surface area contributed by atoms with Gasteiger partial charge in [0.2, 0.25) is 0 Å². The van der Waals surface area contributed by atoms with Crippen LogP contribution in [-0.2, 0) is 19.6 Å². The monoisotopic (exact) mass is 204 g/mol. The second-order valence-corrected chi connectivity index (χ2v) is 4.34. The van der Waals surface area contributed by atoms with E-state index in [0.717, 1.165) is 19.6 Å². The van der Waals surface area contributed by atoms with Gasteiger partial charge in [0.1, 0.15) is 0 Å². The summed E-state index contributed by atoms with van der Waals surface area (Å²) in [5.41, 5.74) is 4.44. The van der Waals surface area contributed by atoms with Gasteiger partial charge in [-0.25, -0.2) is 0 Å². The molecule has 1 aromatic carbocycles. The van der Waals surface area contributed by atoms with E-state index in [1.54, 1.807) is 0 Å². The number of fused-ring (bicyclic) bond motifs is 1. The Bertz CT molecular complexity index is 333. The Labute approximate surface area is 92.3 Å². The largest absolute Gasteiger partial charge is 0.316 e. The highest BCUT2D eigenvalue weighted by atomic mass is 15.1. The second kappa shape index (κ2) is 4.77. The van der Waals surface area contributed by atoms with Crippen molar-refractivity contribution >= 4 is 0 Å². The lowest BCUT2D eigenvalue weighted by Crippen LogP contribution is -2.16. The van der Waals surface area contributed by atoms with E-state index in [1.165, 1.54) is 29.7 Å². The first-order valence-electron chi connectivity index (χ1n) is 5.81. The number of nitrogens with zero attached hydrogens (tertiary/aromatic N) is 1. The SMILES string of the molecule is CCCN1Cc2ccc(CNC)cc2C1. The number of rotatable bonds is 4. The van der Waals surface area contributed by atoms with Crippen LogP contribution in [-0.4, -0.2) is 18.5 Å². The van der Waals surface area contributed by atoms with Gasteiger partial charge in [0.25, 0.3) is 0 Å². The molecule has 2 nitrogen and oxygen atoms in total. The summed E-state index contributed by atoms with van der Waals surface area (Å²) in [5.74, 6) is 0. The van der Waals surface area contributed by atoms with Gasteiger partial charge >= 0.3 is 0 Å². The van der Waals surface area contributed by atoms with Gasteiger partial charge in [0.05, 0.1) is 0 Å². The molecule has 0 aliphatic carbocycles. The van der Waals surface area contributed by atoms with Gasteiger partial charge in [0.15, 0.2) is 0 Å². The molecule has 0 bridgehead atoms. The third kappa shape index (κ3) is 2.39. The zero-order valence-corrected chi connectivity index (χ0v) is 9.71. The minimum Gasteiger partial charge on any atom is -0.316 e. The summed E-state index contributed by atoms with van der Waals surface area (Å²) < 4.78 is 0. The van der Waals surface area contributed by atoms with Crippen LogP contribution in [0.4, 0.5) is 0 Å². The predicted octanol–water partition coefficient (Wildman–Crippen LogP) is 2.13. The van der Waals surface area contributed by atoms with Gasteiger partial charge in [-0.3, -0.25) is 4.90 Å². The Hall–Kier alpha value is -0.860. The van der Waals surface area contributed by atoms with Gasteiger partial charge in [-0.2, -0.15) is 0 Å². The molecule has 0 saturated carbocycles. The number of hydrogen-bond acceptors (Lipinski definition) is 2. The highest BCUT2D eigenvalue weighted by Crippen LogP contribution is 2.23. The van der Waals surface area contributed by atoms with Crippen molar-refractivity contribution in [3.05, 3.63) is 34.9 Å². The van der Waals surface area contributed by atoms with Gasteiger partial charge in [-0.15, -0.1) is 0 Å². The summed E-state index contributed by atoms with van der Waals surface area (Å²) in [6.07, 6.45) is 1.25. The van der Waals surface area contributed by atoms with Crippen molar-refractivity contribution < 1.29 is 0 Å². The van der Waals surface area contributed by atoms with Crippen molar-refractivity contribution in [2.24, 2.45) is 0 Å². The highest BCUT2D eigenvalue weighted by Gasteiger charge is 2.17. The predicted molar refractivity (Wildman–Crippen MR) is 63.6 cm³/mol. The van der Waals surface area contributed by atoms with Crippen molar-refractivity contribution in [2.45, 2.75) is 33.0 Å². The molecule has 15 heavy (non-hydrogen) atoms. The van der Waals surface area contributed by atoms with Crippen molar-refractivity contribution in [2.75, 3.05) is 13.6 Å². The average molecular weight is 204 g/mol. The van der Waals surface area contributed by atoms with Crippen LogP contribution in [0.2, 0.25) is 0 Å². The van der Waals surface area contributed by atoms with Crippen LogP contribution < -0.4 is 5.32 Å². The number of hydrogen-bond donors (Lipinski definition) is 1. The lowest BCUT2D eigenvalue weighted by molar-refractivity contribution is 0.285. The van der Waals surface area contributed by atoms with Crippen molar-refractivity contribution in [3.8, 4) is 0 Å². The maximum absolute atomic E-state index is 3.20. The van der Waals surface area contributed by atoms with E-state index >= 15 is 0 Å². The topological polar surface area (TPSA) is 15.3 Å². The summed E-state index contributed by atoms with van der Waals surface area (Å²) >= 11 is 0. The minimum atomic E-state index is 0.973. The molecule has 1 N–H and O–H groups in total. The first-order chi connectivity index (χ1) is 7.33. The summed E-state index contributed by atoms with van der Waals surface area (Å²) in [6, 6.07) is 6.88. The smallest absolute Gasteiger partial charge is 0.0240 e. The maximum Gasteiger partial charge on any atom is 0.0240 e. The van der Waals surface area contributed by atoms with Crippen LogP contribution in [0.15, 0.2) is 18.2 Å². The highest BCUT2D eigenvalue weighted by molar-refractivity contribution is 5.34. The Balaban J connectivity index is 2.09. The molecule has 82 valence electrons. The van der Waals surface area contributed by atoms with Crippen molar-refractivity contribution in [1.82, 2.24) is 10.2 Å². The summed E-state index contributed by atoms with van der Waals surface area (Å²) in [7, 11) is 2.00. The fraction of sp³-hybridized carbons (Fsp3) is 0.538. The molecule has 0 radical (unpaired) electrons. The molecule has 2 heteroatoms. The standard InChI is InChI=1S/C13H20N2/c1-3-6-15-9-12-5-4-11(8-14-2)7-13(12)10-15/h4-5,7,14H,3,6,8-10H2,1-2H3. The molecule has 1 aromatic rings. The molecule has 2 rings (SSSR count). The molecule has 0 amide bonds. The summed E-state index contributed by atoms with van der Waals surface area (Å²) in [4.78, 5) is 2.52. The van der Waals surface area contributed by atoms with E-state index in [9.17, 15) is 0 Å². The normalized spacial score (nSPS) is 15.6. The average Bonchev–Trinajstić information content (AvgIpc) is 2.60. The van der Waals surface area contributed by atoms with Crippen LogP contribution >= 0.6 is 0 Å². The van der Waals surface area contributed by atoms with E-state index in [0.29, 0.717) is 0 Å². The third-order valence-corrected chi connectivity index (χ3v) is 2.98. The zero-order chi connectivity index (χ0) is 10.7. The lowest BCUT2D eigenvalue weighted by atomic mass is 10.1. The Morgan fingerprint density at radius 1 is 1.27 bits per heavy atom. The van der Waals surface area contributed by atoms with E-state index in [4.69, 9.17) is 0 Å². The van der Waals surface area contributed by atoms with E-state index in [2.05, 4.69) is 35.3 Å². The molecule has 1 heterocycles. The van der Waals surface area contributed by atoms with Crippen LogP contribution in [0.5, 0.6) is 0 Å². The lowest BCUT2D eigenvalue weighted by Gasteiger charge is -2.11. The molecule has 0 fully saturated rings. The quantitative estimate of drug-likeness (QED) is 0.808. The molecule has 0 unspecified atom stereocenters. The second-order valence-electron chi connectivity index (χ2n) is 4.34. The fourth-order valence-corrected chi connectivity index (χ4v) is 2.31.